The molecule has 0 unspecified atom stereocenters. The number of nitrogens with two attached hydrogens (primary N) is 1. The zero-order valence-electron chi connectivity index (χ0n) is 6.88. The summed E-state index contributed by atoms with van der Waals surface area (Å²) in [6, 6.07) is 0.436. The number of primary amides is 1. The number of carbonyl (C=O) groups is 1. The monoisotopic (exact) mass is 199 g/mol. The highest BCUT2D eigenvalue weighted by Crippen LogP contribution is 2.36. The van der Waals surface area contributed by atoms with Crippen LogP contribution in [0.3, 0.4) is 0 Å². The quantitative estimate of drug-likeness (QED) is 0.666. The number of rotatable bonds is 4. The first-order valence-corrected chi connectivity index (χ1v) is 4.95. The molecule has 1 heterocycles. The highest BCUT2D eigenvalue weighted by atomic mass is 32.2. The Hall–Kier alpha value is -1.11. The van der Waals surface area contributed by atoms with E-state index in [9.17, 15) is 4.79 Å². The van der Waals surface area contributed by atoms with Gasteiger partial charge in [0.15, 0.2) is 0 Å². The molecule has 1 aromatic rings. The van der Waals surface area contributed by atoms with Crippen LogP contribution in [0.1, 0.15) is 18.9 Å². The molecule has 1 aliphatic rings. The van der Waals surface area contributed by atoms with Crippen molar-refractivity contribution in [2.75, 3.05) is 5.75 Å². The van der Waals surface area contributed by atoms with Gasteiger partial charge in [0.2, 0.25) is 11.1 Å². The summed E-state index contributed by atoms with van der Waals surface area (Å²) in [6.07, 6.45) is 2.24. The summed E-state index contributed by atoms with van der Waals surface area (Å²) in [6.45, 7) is 0. The van der Waals surface area contributed by atoms with Gasteiger partial charge in [0.25, 0.3) is 0 Å². The normalized spacial score (nSPS) is 16.0. The third-order valence-electron chi connectivity index (χ3n) is 1.70. The molecule has 70 valence electrons. The van der Waals surface area contributed by atoms with Gasteiger partial charge in [0.05, 0.1) is 11.8 Å². The van der Waals surface area contributed by atoms with E-state index in [0.717, 1.165) is 12.8 Å². The molecule has 1 aliphatic carbocycles. The van der Waals surface area contributed by atoms with E-state index in [1.165, 1.54) is 11.8 Å². The second kappa shape index (κ2) is 3.33. The third-order valence-corrected chi connectivity index (χ3v) is 2.65. The molecule has 0 spiro atoms. The molecular formula is C6H9N5OS. The van der Waals surface area contributed by atoms with Gasteiger partial charge in [-0.15, -0.1) is 5.10 Å². The predicted molar refractivity (Wildman–Crippen MR) is 46.0 cm³/mol. The Morgan fingerprint density at radius 3 is 3.08 bits per heavy atom. The molecule has 0 saturated heterocycles. The van der Waals surface area contributed by atoms with Gasteiger partial charge in [0.1, 0.15) is 0 Å². The van der Waals surface area contributed by atoms with Crippen LogP contribution in [0.15, 0.2) is 5.16 Å². The van der Waals surface area contributed by atoms with E-state index in [2.05, 4.69) is 15.5 Å². The van der Waals surface area contributed by atoms with Crippen molar-refractivity contribution in [3.8, 4) is 0 Å². The molecule has 6 nitrogen and oxygen atoms in total. The fraction of sp³-hybridized carbons (Fsp3) is 0.667. The average molecular weight is 199 g/mol. The van der Waals surface area contributed by atoms with Gasteiger partial charge < -0.3 is 5.73 Å². The maximum absolute atomic E-state index is 10.5. The Morgan fingerprint density at radius 2 is 2.46 bits per heavy atom. The summed E-state index contributed by atoms with van der Waals surface area (Å²) >= 11 is 1.28. The second-order valence-electron chi connectivity index (χ2n) is 2.89. The lowest BCUT2D eigenvalue weighted by Gasteiger charge is -1.98. The minimum absolute atomic E-state index is 0.229. The topological polar surface area (TPSA) is 86.7 Å². The van der Waals surface area contributed by atoms with Crippen molar-refractivity contribution < 1.29 is 4.79 Å². The Bertz CT molecular complexity index is 321. The molecule has 2 rings (SSSR count). The van der Waals surface area contributed by atoms with Crippen molar-refractivity contribution in [2.45, 2.75) is 24.0 Å². The van der Waals surface area contributed by atoms with E-state index in [4.69, 9.17) is 5.73 Å². The lowest BCUT2D eigenvalue weighted by molar-refractivity contribution is -0.115. The number of nitrogens with zero attached hydrogens (tertiary/aromatic N) is 4. The summed E-state index contributed by atoms with van der Waals surface area (Å²) in [5.74, 6) is -0.122. The summed E-state index contributed by atoms with van der Waals surface area (Å²) in [5.41, 5.74) is 5.01. The maximum Gasteiger partial charge on any atom is 0.227 e. The van der Waals surface area contributed by atoms with E-state index in [-0.39, 0.29) is 11.7 Å². The molecule has 0 atom stereocenters. The molecule has 0 radical (unpaired) electrons. The zero-order valence-corrected chi connectivity index (χ0v) is 7.70. The van der Waals surface area contributed by atoms with Crippen LogP contribution in [0.25, 0.3) is 0 Å². The Morgan fingerprint density at radius 1 is 1.69 bits per heavy atom. The highest BCUT2D eigenvalue weighted by Gasteiger charge is 2.27. The van der Waals surface area contributed by atoms with Crippen molar-refractivity contribution >= 4 is 17.7 Å². The van der Waals surface area contributed by atoms with Gasteiger partial charge in [-0.3, -0.25) is 4.79 Å². The molecule has 2 N–H and O–H groups in total. The Labute approximate surface area is 78.9 Å². The van der Waals surface area contributed by atoms with E-state index in [1.54, 1.807) is 4.68 Å². The van der Waals surface area contributed by atoms with Crippen LogP contribution in [0, 0.1) is 0 Å². The minimum atomic E-state index is -0.352. The zero-order chi connectivity index (χ0) is 9.26. The summed E-state index contributed by atoms with van der Waals surface area (Å²) in [4.78, 5) is 10.5. The van der Waals surface area contributed by atoms with Crippen LogP contribution in [0.5, 0.6) is 0 Å². The smallest absolute Gasteiger partial charge is 0.227 e. The van der Waals surface area contributed by atoms with Crippen molar-refractivity contribution in [1.82, 2.24) is 20.2 Å². The lowest BCUT2D eigenvalue weighted by atomic mass is 10.7. The number of thioether (sulfide) groups is 1. The molecule has 0 bridgehead atoms. The van der Waals surface area contributed by atoms with E-state index >= 15 is 0 Å². The minimum Gasteiger partial charge on any atom is -0.369 e. The first-order valence-electron chi connectivity index (χ1n) is 3.96. The summed E-state index contributed by atoms with van der Waals surface area (Å²) in [7, 11) is 0. The fourth-order valence-corrected chi connectivity index (χ4v) is 1.65. The number of hydrogen-bond acceptors (Lipinski definition) is 5. The van der Waals surface area contributed by atoms with E-state index < -0.39 is 0 Å². The number of aromatic nitrogens is 4. The van der Waals surface area contributed by atoms with Crippen LogP contribution >= 0.6 is 11.8 Å². The predicted octanol–water partition coefficient (Wildman–Crippen LogP) is -0.415. The highest BCUT2D eigenvalue weighted by molar-refractivity contribution is 7.99. The van der Waals surface area contributed by atoms with Gasteiger partial charge in [0, 0.05) is 0 Å². The van der Waals surface area contributed by atoms with Crippen LogP contribution in [0.2, 0.25) is 0 Å². The average Bonchev–Trinajstić information content (AvgIpc) is 2.82. The van der Waals surface area contributed by atoms with E-state index in [1.807, 2.05) is 0 Å². The summed E-state index contributed by atoms with van der Waals surface area (Å²) in [5, 5.41) is 11.9. The summed E-state index contributed by atoms with van der Waals surface area (Å²) < 4.78 is 1.76. The molecule has 0 aromatic carbocycles. The van der Waals surface area contributed by atoms with Gasteiger partial charge >= 0.3 is 0 Å². The molecule has 13 heavy (non-hydrogen) atoms. The second-order valence-corrected chi connectivity index (χ2v) is 3.83. The Balaban J connectivity index is 2.02. The Kier molecular flexibility index (Phi) is 2.17. The largest absolute Gasteiger partial charge is 0.369 e. The molecular weight excluding hydrogens is 190 g/mol. The lowest BCUT2D eigenvalue weighted by Crippen LogP contribution is -2.13. The molecule has 1 amide bonds. The number of tetrazole rings is 1. The SMILES string of the molecule is NC(=O)CSc1nnnn1C1CC1. The molecule has 0 aliphatic heterocycles. The van der Waals surface area contributed by atoms with Crippen LogP contribution < -0.4 is 5.73 Å². The molecule has 1 aromatic heterocycles. The van der Waals surface area contributed by atoms with Crippen LogP contribution in [-0.2, 0) is 4.79 Å². The molecule has 1 saturated carbocycles. The number of hydrogen-bond donors (Lipinski definition) is 1. The first kappa shape index (κ1) is 8.49. The van der Waals surface area contributed by atoms with Gasteiger partial charge in [-0.2, -0.15) is 0 Å². The van der Waals surface area contributed by atoms with Crippen LogP contribution in [-0.4, -0.2) is 31.9 Å². The van der Waals surface area contributed by atoms with Gasteiger partial charge in [-0.1, -0.05) is 11.8 Å². The standard InChI is InChI=1S/C6H9N5OS/c7-5(12)3-13-6-8-9-10-11(6)4-1-2-4/h4H,1-3H2,(H2,7,12). The third kappa shape index (κ3) is 1.97. The molecule has 7 heteroatoms. The molecule has 1 fully saturated rings. The van der Waals surface area contributed by atoms with Crippen LogP contribution in [0.4, 0.5) is 0 Å². The fourth-order valence-electron chi connectivity index (χ4n) is 0.964. The van der Waals surface area contributed by atoms with Crippen molar-refractivity contribution in [3.05, 3.63) is 0 Å². The van der Waals surface area contributed by atoms with E-state index in [0.29, 0.717) is 11.2 Å². The van der Waals surface area contributed by atoms with Crippen molar-refractivity contribution in [2.24, 2.45) is 5.73 Å². The van der Waals surface area contributed by atoms with Gasteiger partial charge in [-0.25, -0.2) is 4.68 Å². The number of carbonyl (C=O) groups excluding carboxylic acids is 1. The van der Waals surface area contributed by atoms with Crippen molar-refractivity contribution in [3.63, 3.8) is 0 Å². The van der Waals surface area contributed by atoms with Gasteiger partial charge in [-0.05, 0) is 23.3 Å². The van der Waals surface area contributed by atoms with Crippen molar-refractivity contribution in [1.29, 1.82) is 0 Å². The first-order chi connectivity index (χ1) is 6.27. The number of amides is 1. The maximum atomic E-state index is 10.5.